The van der Waals surface area contributed by atoms with Crippen molar-refractivity contribution in [2.45, 2.75) is 19.4 Å². The molecule has 2 aromatic carbocycles. The Labute approximate surface area is 260 Å². The second-order valence-corrected chi connectivity index (χ2v) is 8.36. The number of benzene rings is 2. The zero-order valence-electron chi connectivity index (χ0n) is 24.9. The third-order valence-corrected chi connectivity index (χ3v) is 4.95. The molecule has 2 aromatic rings. The molecule has 2 amide bonds. The fourth-order valence-electron chi connectivity index (χ4n) is 2.79. The van der Waals surface area contributed by atoms with Crippen molar-refractivity contribution < 1.29 is 57.2 Å². The molecule has 2 rings (SSSR count). The summed E-state index contributed by atoms with van der Waals surface area (Å²) < 4.78 is 28.1. The van der Waals surface area contributed by atoms with Crippen molar-refractivity contribution >= 4 is 41.8 Å². The minimum absolute atomic E-state index is 0.0724. The van der Waals surface area contributed by atoms with Crippen LogP contribution in [0, 0.1) is 0 Å². The molecular formula is C31H36N2O12. The van der Waals surface area contributed by atoms with Gasteiger partial charge in [-0.3, -0.25) is 5.32 Å². The second-order valence-electron chi connectivity index (χ2n) is 8.36. The van der Waals surface area contributed by atoms with Crippen LogP contribution >= 0.6 is 0 Å². The second kappa shape index (κ2) is 23.9. The van der Waals surface area contributed by atoms with Crippen LogP contribution in [0.4, 0.5) is 15.3 Å². The zero-order chi connectivity index (χ0) is 33.1. The number of amides is 2. The number of hydrogen-bond donors (Lipinski definition) is 2. The van der Waals surface area contributed by atoms with E-state index in [2.05, 4.69) is 20.1 Å². The summed E-state index contributed by atoms with van der Waals surface area (Å²) in [5, 5.41) is 5.16. The quantitative estimate of drug-likeness (QED) is 0.127. The molecule has 14 heteroatoms. The lowest BCUT2D eigenvalue weighted by Crippen LogP contribution is -2.24. The van der Waals surface area contributed by atoms with Gasteiger partial charge in [-0.25, -0.2) is 28.8 Å². The van der Waals surface area contributed by atoms with Crippen LogP contribution in [-0.2, 0) is 54.1 Å². The smallest absolute Gasteiger partial charge is 0.411 e. The molecule has 14 nitrogen and oxygen atoms in total. The summed E-state index contributed by atoms with van der Waals surface area (Å²) in [7, 11) is 2.41. The normalized spacial score (nSPS) is 10.1. The SMILES string of the molecule is COC(=O)/C=C/C(=O)OCCCOC(=O)NCc1ccccc1.COC(=O)/C=C/C(=O)OCCCOC(=O)Nc1ccccc1. The summed E-state index contributed by atoms with van der Waals surface area (Å²) in [5.41, 5.74) is 1.60. The number of carbonyl (C=O) groups is 6. The maximum Gasteiger partial charge on any atom is 0.411 e. The van der Waals surface area contributed by atoms with Gasteiger partial charge in [0.05, 0.1) is 40.6 Å². The predicted molar refractivity (Wildman–Crippen MR) is 160 cm³/mol. The monoisotopic (exact) mass is 628 g/mol. The fourth-order valence-corrected chi connectivity index (χ4v) is 2.79. The highest BCUT2D eigenvalue weighted by Gasteiger charge is 2.05. The van der Waals surface area contributed by atoms with Gasteiger partial charge in [0.2, 0.25) is 0 Å². The number of alkyl carbamates (subject to hydrolysis) is 1. The summed E-state index contributed by atoms with van der Waals surface area (Å²) in [6.45, 7) is 0.757. The number of nitrogens with one attached hydrogen (secondary N) is 2. The highest BCUT2D eigenvalue weighted by atomic mass is 16.6. The molecule has 0 aromatic heterocycles. The Hall–Kier alpha value is -5.66. The fraction of sp³-hybridized carbons (Fsp3) is 0.290. The number of carbonyl (C=O) groups excluding carboxylic acids is 6. The Balaban J connectivity index is 0.000000450. The van der Waals surface area contributed by atoms with Gasteiger partial charge in [0.25, 0.3) is 0 Å². The molecule has 0 saturated carbocycles. The van der Waals surface area contributed by atoms with Gasteiger partial charge in [-0.05, 0) is 17.7 Å². The first-order chi connectivity index (χ1) is 21.7. The van der Waals surface area contributed by atoms with Gasteiger partial charge >= 0.3 is 36.1 Å². The van der Waals surface area contributed by atoms with Gasteiger partial charge in [-0.15, -0.1) is 0 Å². The van der Waals surface area contributed by atoms with Gasteiger partial charge in [-0.2, -0.15) is 0 Å². The molecule has 0 fully saturated rings. The third-order valence-electron chi connectivity index (χ3n) is 4.95. The van der Waals surface area contributed by atoms with Crippen molar-refractivity contribution in [3.63, 3.8) is 0 Å². The minimum atomic E-state index is -0.667. The van der Waals surface area contributed by atoms with Crippen LogP contribution in [0.1, 0.15) is 18.4 Å². The van der Waals surface area contributed by atoms with Gasteiger partial charge in [0.15, 0.2) is 0 Å². The van der Waals surface area contributed by atoms with E-state index < -0.39 is 36.1 Å². The first-order valence-electron chi connectivity index (χ1n) is 13.5. The summed E-state index contributed by atoms with van der Waals surface area (Å²) in [4.78, 5) is 66.7. The average molecular weight is 629 g/mol. The third kappa shape index (κ3) is 20.8. The maximum absolute atomic E-state index is 11.4. The Morgan fingerprint density at radius 3 is 1.47 bits per heavy atom. The number of para-hydroxylation sites is 1. The lowest BCUT2D eigenvalue weighted by atomic mass is 10.2. The molecule has 0 radical (unpaired) electrons. The number of anilines is 1. The Morgan fingerprint density at radius 2 is 0.978 bits per heavy atom. The Kier molecular flexibility index (Phi) is 19.8. The number of hydrogen-bond acceptors (Lipinski definition) is 12. The van der Waals surface area contributed by atoms with E-state index in [4.69, 9.17) is 18.9 Å². The molecule has 0 bridgehead atoms. The van der Waals surface area contributed by atoms with Gasteiger partial charge in [0.1, 0.15) is 0 Å². The largest absolute Gasteiger partial charge is 0.466 e. The van der Waals surface area contributed by atoms with E-state index in [-0.39, 0.29) is 26.4 Å². The molecular weight excluding hydrogens is 592 g/mol. The standard InChI is InChI=1S/C16H19NO6.C15H17NO6/c1-21-14(18)8-9-15(19)22-10-5-11-23-16(20)17-12-13-6-3-2-4-7-13;1-20-13(17)8-9-14(18)21-10-5-11-22-15(19)16-12-6-3-2-4-7-12/h2-4,6-9H,5,10-12H2,1H3,(H,17,20);2-4,6-9H,5,10-11H2,1H3,(H,16,19)/b2*9-8+. The van der Waals surface area contributed by atoms with Crippen LogP contribution in [0.15, 0.2) is 85.0 Å². The van der Waals surface area contributed by atoms with Crippen LogP contribution in [0.5, 0.6) is 0 Å². The molecule has 2 N–H and O–H groups in total. The summed E-state index contributed by atoms with van der Waals surface area (Å²) in [5.74, 6) is -2.61. The Morgan fingerprint density at radius 1 is 0.556 bits per heavy atom. The van der Waals surface area contributed by atoms with Crippen LogP contribution in [0.2, 0.25) is 0 Å². The van der Waals surface area contributed by atoms with E-state index in [1.54, 1.807) is 24.3 Å². The summed E-state index contributed by atoms with van der Waals surface area (Å²) >= 11 is 0. The number of methoxy groups -OCH3 is 2. The van der Waals surface area contributed by atoms with E-state index in [0.29, 0.717) is 25.1 Å². The van der Waals surface area contributed by atoms with Gasteiger partial charge < -0.3 is 33.7 Å². The zero-order valence-corrected chi connectivity index (χ0v) is 24.9. The molecule has 242 valence electrons. The number of rotatable bonds is 15. The number of esters is 4. The van der Waals surface area contributed by atoms with Crippen molar-refractivity contribution in [2.75, 3.05) is 46.0 Å². The Bertz CT molecular complexity index is 1260. The van der Waals surface area contributed by atoms with E-state index in [9.17, 15) is 28.8 Å². The molecule has 0 heterocycles. The molecule has 0 spiro atoms. The van der Waals surface area contributed by atoms with Crippen LogP contribution in [0.3, 0.4) is 0 Å². The van der Waals surface area contributed by atoms with Crippen molar-refractivity contribution in [3.8, 4) is 0 Å². The van der Waals surface area contributed by atoms with Crippen molar-refractivity contribution in [1.29, 1.82) is 0 Å². The molecule has 0 unspecified atom stereocenters. The lowest BCUT2D eigenvalue weighted by molar-refractivity contribution is -0.139. The highest BCUT2D eigenvalue weighted by Crippen LogP contribution is 2.05. The molecule has 0 aliphatic carbocycles. The van der Waals surface area contributed by atoms with Crippen molar-refractivity contribution in [2.24, 2.45) is 0 Å². The van der Waals surface area contributed by atoms with Crippen LogP contribution < -0.4 is 10.6 Å². The summed E-state index contributed by atoms with van der Waals surface area (Å²) in [6, 6.07) is 18.3. The average Bonchev–Trinajstić information content (AvgIpc) is 3.06. The first kappa shape index (κ1) is 37.4. The van der Waals surface area contributed by atoms with E-state index in [0.717, 1.165) is 29.9 Å². The molecule has 45 heavy (non-hydrogen) atoms. The van der Waals surface area contributed by atoms with E-state index in [1.807, 2.05) is 36.4 Å². The van der Waals surface area contributed by atoms with Gasteiger partial charge in [-0.1, -0.05) is 48.5 Å². The lowest BCUT2D eigenvalue weighted by Gasteiger charge is -2.07. The molecule has 0 atom stereocenters. The maximum atomic E-state index is 11.4. The minimum Gasteiger partial charge on any atom is -0.466 e. The number of ether oxygens (including phenoxy) is 6. The summed E-state index contributed by atoms with van der Waals surface area (Å²) in [6.07, 6.45) is 3.46. The molecule has 0 aliphatic heterocycles. The topological polar surface area (TPSA) is 182 Å². The highest BCUT2D eigenvalue weighted by molar-refractivity contribution is 5.92. The molecule has 0 saturated heterocycles. The molecule has 0 aliphatic rings. The van der Waals surface area contributed by atoms with Crippen molar-refractivity contribution in [3.05, 3.63) is 90.5 Å². The van der Waals surface area contributed by atoms with E-state index >= 15 is 0 Å². The van der Waals surface area contributed by atoms with Crippen LogP contribution in [-0.4, -0.2) is 76.7 Å². The van der Waals surface area contributed by atoms with Crippen molar-refractivity contribution in [1.82, 2.24) is 5.32 Å². The van der Waals surface area contributed by atoms with E-state index in [1.165, 1.54) is 14.2 Å². The predicted octanol–water partition coefficient (Wildman–Crippen LogP) is 3.47. The van der Waals surface area contributed by atoms with Crippen LogP contribution in [0.25, 0.3) is 0 Å². The first-order valence-corrected chi connectivity index (χ1v) is 13.5. The van der Waals surface area contributed by atoms with Gasteiger partial charge in [0, 0.05) is 49.4 Å².